The zero-order chi connectivity index (χ0) is 13.2. The van der Waals surface area contributed by atoms with Gasteiger partial charge in [0.15, 0.2) is 0 Å². The number of methoxy groups -OCH3 is 1. The average molecular weight is 250 g/mol. The second-order valence-electron chi connectivity index (χ2n) is 4.13. The molecule has 1 amide bonds. The highest BCUT2D eigenvalue weighted by Gasteiger charge is 1.98. The van der Waals surface area contributed by atoms with Gasteiger partial charge in [0.2, 0.25) is 5.91 Å². The maximum absolute atomic E-state index is 11.0. The molecule has 4 nitrogen and oxygen atoms in total. The van der Waals surface area contributed by atoms with Gasteiger partial charge in [0.1, 0.15) is 5.75 Å². The van der Waals surface area contributed by atoms with E-state index in [9.17, 15) is 4.79 Å². The lowest BCUT2D eigenvalue weighted by molar-refractivity contribution is -0.120. The lowest BCUT2D eigenvalue weighted by Crippen LogP contribution is -2.22. The monoisotopic (exact) mass is 250 g/mol. The molecule has 4 heteroatoms. The Morgan fingerprint density at radius 2 is 2.17 bits per heavy atom. The van der Waals surface area contributed by atoms with Crippen molar-refractivity contribution in [3.05, 3.63) is 29.8 Å². The van der Waals surface area contributed by atoms with Crippen LogP contribution < -0.4 is 15.4 Å². The molecule has 0 unspecified atom stereocenters. The molecule has 0 saturated heterocycles. The minimum atomic E-state index is 0.101. The molecule has 0 aromatic heterocycles. The largest absolute Gasteiger partial charge is 0.497 e. The number of carbonyl (C=O) groups excluding carboxylic acids is 1. The summed E-state index contributed by atoms with van der Waals surface area (Å²) in [6.45, 7) is 1.79. The van der Waals surface area contributed by atoms with E-state index in [-0.39, 0.29) is 5.91 Å². The van der Waals surface area contributed by atoms with Crippen molar-refractivity contribution >= 4 is 5.91 Å². The topological polar surface area (TPSA) is 50.4 Å². The molecule has 0 aliphatic heterocycles. The van der Waals surface area contributed by atoms with Gasteiger partial charge in [0, 0.05) is 13.5 Å². The van der Waals surface area contributed by atoms with Gasteiger partial charge in [-0.05, 0) is 43.6 Å². The highest BCUT2D eigenvalue weighted by molar-refractivity contribution is 5.75. The summed E-state index contributed by atoms with van der Waals surface area (Å²) < 4.78 is 5.17. The van der Waals surface area contributed by atoms with Crippen LogP contribution in [0.1, 0.15) is 18.4 Å². The third-order valence-electron chi connectivity index (χ3n) is 2.76. The van der Waals surface area contributed by atoms with Crippen LogP contribution in [0.25, 0.3) is 0 Å². The van der Waals surface area contributed by atoms with E-state index in [1.807, 2.05) is 18.2 Å². The molecule has 0 bridgehead atoms. The molecule has 100 valence electrons. The molecular weight excluding hydrogens is 228 g/mol. The fourth-order valence-electron chi connectivity index (χ4n) is 1.68. The van der Waals surface area contributed by atoms with E-state index in [1.54, 1.807) is 14.2 Å². The molecule has 1 rings (SSSR count). The van der Waals surface area contributed by atoms with Crippen LogP contribution in [0.5, 0.6) is 5.75 Å². The Kier molecular flexibility index (Phi) is 6.87. The zero-order valence-corrected chi connectivity index (χ0v) is 11.2. The van der Waals surface area contributed by atoms with E-state index in [1.165, 1.54) is 5.56 Å². The Labute approximate surface area is 109 Å². The highest BCUT2D eigenvalue weighted by atomic mass is 16.5. The van der Waals surface area contributed by atoms with Gasteiger partial charge in [-0.3, -0.25) is 4.79 Å². The third kappa shape index (κ3) is 5.68. The Balaban J connectivity index is 2.12. The number of rotatable bonds is 8. The minimum Gasteiger partial charge on any atom is -0.497 e. The maximum atomic E-state index is 11.0. The fraction of sp³-hybridized carbons (Fsp3) is 0.500. The number of ether oxygens (including phenoxy) is 1. The van der Waals surface area contributed by atoms with Gasteiger partial charge in [-0.25, -0.2) is 0 Å². The first-order valence-corrected chi connectivity index (χ1v) is 6.30. The number of hydrogen-bond acceptors (Lipinski definition) is 3. The van der Waals surface area contributed by atoms with Crippen LogP contribution in [0.15, 0.2) is 24.3 Å². The number of hydrogen-bond donors (Lipinski definition) is 2. The van der Waals surface area contributed by atoms with Crippen molar-refractivity contribution in [1.82, 2.24) is 10.6 Å². The average Bonchev–Trinajstić information content (AvgIpc) is 2.42. The van der Waals surface area contributed by atoms with Gasteiger partial charge >= 0.3 is 0 Å². The molecule has 0 aliphatic carbocycles. The summed E-state index contributed by atoms with van der Waals surface area (Å²) in [7, 11) is 3.34. The Hall–Kier alpha value is -1.55. The van der Waals surface area contributed by atoms with E-state index in [0.717, 1.165) is 31.7 Å². The lowest BCUT2D eigenvalue weighted by atomic mass is 10.1. The number of benzene rings is 1. The van der Waals surface area contributed by atoms with E-state index in [0.29, 0.717) is 6.42 Å². The van der Waals surface area contributed by atoms with Crippen LogP contribution in [-0.4, -0.2) is 33.2 Å². The summed E-state index contributed by atoms with van der Waals surface area (Å²) in [4.78, 5) is 11.0. The molecule has 0 heterocycles. The first kappa shape index (κ1) is 14.5. The van der Waals surface area contributed by atoms with Gasteiger partial charge in [-0.15, -0.1) is 0 Å². The Bertz CT molecular complexity index is 367. The molecule has 1 aromatic rings. The van der Waals surface area contributed by atoms with Crippen molar-refractivity contribution in [1.29, 1.82) is 0 Å². The van der Waals surface area contributed by atoms with Crippen molar-refractivity contribution in [2.24, 2.45) is 0 Å². The van der Waals surface area contributed by atoms with Gasteiger partial charge < -0.3 is 15.4 Å². The quantitative estimate of drug-likeness (QED) is 0.685. The van der Waals surface area contributed by atoms with E-state index in [2.05, 4.69) is 16.7 Å². The molecule has 2 N–H and O–H groups in total. The van der Waals surface area contributed by atoms with E-state index in [4.69, 9.17) is 4.74 Å². The molecule has 0 atom stereocenters. The smallest absolute Gasteiger partial charge is 0.219 e. The molecule has 0 saturated carbocycles. The van der Waals surface area contributed by atoms with Gasteiger partial charge in [0.25, 0.3) is 0 Å². The maximum Gasteiger partial charge on any atom is 0.219 e. The second kappa shape index (κ2) is 8.53. The van der Waals surface area contributed by atoms with Gasteiger partial charge in [-0.2, -0.15) is 0 Å². The van der Waals surface area contributed by atoms with Crippen molar-refractivity contribution in [3.63, 3.8) is 0 Å². The first-order valence-electron chi connectivity index (χ1n) is 6.30. The first-order chi connectivity index (χ1) is 8.76. The second-order valence-corrected chi connectivity index (χ2v) is 4.13. The summed E-state index contributed by atoms with van der Waals surface area (Å²) in [6.07, 6.45) is 2.43. The summed E-state index contributed by atoms with van der Waals surface area (Å²) >= 11 is 0. The predicted molar refractivity (Wildman–Crippen MR) is 72.9 cm³/mol. The molecule has 0 spiro atoms. The summed E-state index contributed by atoms with van der Waals surface area (Å²) in [5.41, 5.74) is 1.26. The van der Waals surface area contributed by atoms with Crippen molar-refractivity contribution in [2.75, 3.05) is 27.2 Å². The third-order valence-corrected chi connectivity index (χ3v) is 2.76. The van der Waals surface area contributed by atoms with E-state index >= 15 is 0 Å². The molecule has 0 fully saturated rings. The van der Waals surface area contributed by atoms with E-state index < -0.39 is 0 Å². The van der Waals surface area contributed by atoms with Crippen LogP contribution in [0.2, 0.25) is 0 Å². The summed E-state index contributed by atoms with van der Waals surface area (Å²) in [5, 5.41) is 5.94. The standard InChI is InChI=1S/C14H22N2O2/c1-15-14(17)7-4-9-16-10-8-12-5-3-6-13(11-12)18-2/h3,5-6,11,16H,4,7-10H2,1-2H3,(H,15,17). The predicted octanol–water partition coefficient (Wildman–Crippen LogP) is 1.35. The van der Waals surface area contributed by atoms with Crippen molar-refractivity contribution < 1.29 is 9.53 Å². The highest BCUT2D eigenvalue weighted by Crippen LogP contribution is 2.12. The van der Waals surface area contributed by atoms with Crippen LogP contribution in [0, 0.1) is 0 Å². The van der Waals surface area contributed by atoms with Gasteiger partial charge in [-0.1, -0.05) is 12.1 Å². The number of carbonyl (C=O) groups is 1. The fourth-order valence-corrected chi connectivity index (χ4v) is 1.68. The van der Waals surface area contributed by atoms with Crippen LogP contribution in [0.3, 0.4) is 0 Å². The molecule has 1 aromatic carbocycles. The number of nitrogens with one attached hydrogen (secondary N) is 2. The molecule has 18 heavy (non-hydrogen) atoms. The minimum absolute atomic E-state index is 0.101. The van der Waals surface area contributed by atoms with Crippen LogP contribution in [-0.2, 0) is 11.2 Å². The molecule has 0 aliphatic rings. The lowest BCUT2D eigenvalue weighted by Gasteiger charge is -2.06. The molecule has 0 radical (unpaired) electrons. The van der Waals surface area contributed by atoms with Crippen LogP contribution in [0.4, 0.5) is 0 Å². The van der Waals surface area contributed by atoms with Crippen LogP contribution >= 0.6 is 0 Å². The number of amides is 1. The zero-order valence-electron chi connectivity index (χ0n) is 11.2. The Morgan fingerprint density at radius 1 is 1.33 bits per heavy atom. The SMILES string of the molecule is CNC(=O)CCCNCCc1cccc(OC)c1. The Morgan fingerprint density at radius 3 is 2.89 bits per heavy atom. The molecular formula is C14H22N2O2. The summed E-state index contributed by atoms with van der Waals surface area (Å²) in [6, 6.07) is 8.08. The van der Waals surface area contributed by atoms with Gasteiger partial charge in [0.05, 0.1) is 7.11 Å². The van der Waals surface area contributed by atoms with Crippen molar-refractivity contribution in [2.45, 2.75) is 19.3 Å². The van der Waals surface area contributed by atoms with Crippen molar-refractivity contribution in [3.8, 4) is 5.75 Å². The normalized spacial score (nSPS) is 10.1. The summed E-state index contributed by atoms with van der Waals surface area (Å²) in [5.74, 6) is 0.997.